The summed E-state index contributed by atoms with van der Waals surface area (Å²) >= 11 is 0. The van der Waals surface area contributed by atoms with E-state index in [-0.39, 0.29) is 0 Å². The Morgan fingerprint density at radius 2 is 1.19 bits per heavy atom. The summed E-state index contributed by atoms with van der Waals surface area (Å²) in [4.78, 5) is 9.57. The number of rotatable bonds is 7. The summed E-state index contributed by atoms with van der Waals surface area (Å²) in [6.07, 6.45) is 3.87. The largest absolute Gasteiger partial charge is 0.254 e. The molecular weight excluding hydrogens is 467 g/mol. The van der Waals surface area contributed by atoms with E-state index < -0.39 is 7.92 Å². The van der Waals surface area contributed by atoms with E-state index in [1.807, 2.05) is 30.6 Å². The Kier molecular flexibility index (Phi) is 7.58. The van der Waals surface area contributed by atoms with Gasteiger partial charge in [-0.1, -0.05) is 119 Å². The van der Waals surface area contributed by atoms with Crippen LogP contribution in [0, 0.1) is 0 Å². The average molecular weight is 501 g/mol. The van der Waals surface area contributed by atoms with Gasteiger partial charge in [0.25, 0.3) is 0 Å². The molecule has 0 saturated heterocycles. The Morgan fingerprint density at radius 1 is 0.622 bits per heavy atom. The first-order valence-electron chi connectivity index (χ1n) is 13.0. The van der Waals surface area contributed by atoms with Crippen molar-refractivity contribution >= 4 is 46.6 Å². The monoisotopic (exact) mass is 500 g/mol. The van der Waals surface area contributed by atoms with Crippen molar-refractivity contribution in [3.63, 3.8) is 0 Å². The highest BCUT2D eigenvalue weighted by molar-refractivity contribution is 7.80. The van der Waals surface area contributed by atoms with E-state index in [4.69, 9.17) is 4.99 Å². The topological polar surface area (TPSA) is 25.2 Å². The van der Waals surface area contributed by atoms with Crippen molar-refractivity contribution < 1.29 is 0 Å². The normalized spacial score (nSPS) is 11.9. The first-order valence-corrected chi connectivity index (χ1v) is 14.3. The SMILES string of the molecule is CC(C)c1ccccc1P(c1ccccc1C=Nc1cccc2cccnc12)c1ccccc1C(C)C. The Labute approximate surface area is 221 Å². The molecule has 1 aromatic heterocycles. The van der Waals surface area contributed by atoms with Gasteiger partial charge in [0.05, 0.1) is 11.2 Å². The molecular formula is C34H33N2P. The van der Waals surface area contributed by atoms with Gasteiger partial charge in [0.1, 0.15) is 0 Å². The number of aliphatic imine (C=N–C) groups is 1. The third kappa shape index (κ3) is 5.26. The number of para-hydroxylation sites is 1. The summed E-state index contributed by atoms with van der Waals surface area (Å²) in [6, 6.07) is 37.0. The molecule has 0 unspecified atom stereocenters. The van der Waals surface area contributed by atoms with Crippen LogP contribution >= 0.6 is 7.92 Å². The fourth-order valence-corrected chi connectivity index (χ4v) is 7.94. The zero-order valence-electron chi connectivity index (χ0n) is 22.0. The average Bonchev–Trinajstić information content (AvgIpc) is 2.93. The predicted octanol–water partition coefficient (Wildman–Crippen LogP) is 7.99. The maximum absolute atomic E-state index is 4.97. The number of pyridine rings is 1. The number of aromatic nitrogens is 1. The van der Waals surface area contributed by atoms with Gasteiger partial charge in [-0.25, -0.2) is 0 Å². The summed E-state index contributed by atoms with van der Waals surface area (Å²) in [5, 5.41) is 5.28. The van der Waals surface area contributed by atoms with Crippen LogP contribution in [-0.2, 0) is 0 Å². The van der Waals surface area contributed by atoms with Crippen molar-refractivity contribution in [3.8, 4) is 0 Å². The molecule has 2 nitrogen and oxygen atoms in total. The first kappa shape index (κ1) is 25.1. The Balaban J connectivity index is 1.71. The molecule has 3 heteroatoms. The Morgan fingerprint density at radius 3 is 1.84 bits per heavy atom. The highest BCUT2D eigenvalue weighted by Gasteiger charge is 2.25. The van der Waals surface area contributed by atoms with Crippen molar-refractivity contribution in [3.05, 3.63) is 126 Å². The van der Waals surface area contributed by atoms with Crippen LogP contribution in [0.25, 0.3) is 10.9 Å². The molecule has 0 atom stereocenters. The summed E-state index contributed by atoms with van der Waals surface area (Å²) < 4.78 is 0. The molecule has 0 saturated carbocycles. The second-order valence-corrected chi connectivity index (χ2v) is 12.0. The van der Waals surface area contributed by atoms with E-state index >= 15 is 0 Å². The van der Waals surface area contributed by atoms with Crippen molar-refractivity contribution in [2.75, 3.05) is 0 Å². The lowest BCUT2D eigenvalue weighted by atomic mass is 10.0. The molecule has 0 bridgehead atoms. The molecule has 0 fully saturated rings. The van der Waals surface area contributed by atoms with E-state index in [9.17, 15) is 0 Å². The number of benzene rings is 4. The molecule has 0 amide bonds. The molecule has 0 aliphatic carbocycles. The van der Waals surface area contributed by atoms with Gasteiger partial charge in [0.15, 0.2) is 0 Å². The molecule has 0 aliphatic heterocycles. The molecule has 0 radical (unpaired) electrons. The minimum atomic E-state index is -0.795. The van der Waals surface area contributed by atoms with E-state index in [1.165, 1.54) is 27.0 Å². The smallest absolute Gasteiger partial charge is 0.0958 e. The van der Waals surface area contributed by atoms with Gasteiger partial charge in [-0.3, -0.25) is 9.98 Å². The van der Waals surface area contributed by atoms with Crippen molar-refractivity contribution in [2.24, 2.45) is 4.99 Å². The third-order valence-corrected chi connectivity index (χ3v) is 9.40. The van der Waals surface area contributed by atoms with Crippen LogP contribution in [0.4, 0.5) is 5.69 Å². The van der Waals surface area contributed by atoms with Gasteiger partial charge in [0, 0.05) is 23.4 Å². The maximum atomic E-state index is 4.97. The second kappa shape index (κ2) is 11.2. The van der Waals surface area contributed by atoms with Crippen LogP contribution in [0.2, 0.25) is 0 Å². The van der Waals surface area contributed by atoms with Crippen LogP contribution in [0.5, 0.6) is 0 Å². The van der Waals surface area contributed by atoms with E-state index in [2.05, 4.69) is 118 Å². The van der Waals surface area contributed by atoms with Crippen LogP contribution in [0.15, 0.2) is 114 Å². The molecule has 184 valence electrons. The predicted molar refractivity (Wildman–Crippen MR) is 162 cm³/mol. The minimum absolute atomic E-state index is 0.440. The van der Waals surface area contributed by atoms with Gasteiger partial charge < -0.3 is 0 Å². The maximum Gasteiger partial charge on any atom is 0.0958 e. The van der Waals surface area contributed by atoms with Crippen LogP contribution in [0.3, 0.4) is 0 Å². The Hall–Kier alpha value is -3.61. The molecule has 5 rings (SSSR count). The summed E-state index contributed by atoms with van der Waals surface area (Å²) in [5.41, 5.74) is 5.80. The standard InChI is InChI=1S/C34H33N2P/c1-24(2)28-16-6-9-20-32(28)37(33-21-10-7-17-29(33)25(3)4)31-19-8-5-13-27(31)23-36-30-18-11-14-26-15-12-22-35-34(26)30/h5-25H,1-4H3. The molecule has 0 aliphatic rings. The van der Waals surface area contributed by atoms with Crippen LogP contribution in [-0.4, -0.2) is 11.2 Å². The third-order valence-electron chi connectivity index (χ3n) is 6.73. The van der Waals surface area contributed by atoms with E-state index in [0.717, 1.165) is 22.2 Å². The van der Waals surface area contributed by atoms with Crippen LogP contribution in [0.1, 0.15) is 56.2 Å². The molecule has 0 spiro atoms. The molecule has 5 aromatic rings. The lowest BCUT2D eigenvalue weighted by Gasteiger charge is -2.27. The van der Waals surface area contributed by atoms with Gasteiger partial charge in [0.2, 0.25) is 0 Å². The first-order chi connectivity index (χ1) is 18.0. The minimum Gasteiger partial charge on any atom is -0.254 e. The van der Waals surface area contributed by atoms with E-state index in [0.29, 0.717) is 11.8 Å². The number of hydrogen-bond donors (Lipinski definition) is 0. The van der Waals surface area contributed by atoms with Crippen molar-refractivity contribution in [1.82, 2.24) is 4.98 Å². The summed E-state index contributed by atoms with van der Waals surface area (Å²) in [6.45, 7) is 9.17. The zero-order chi connectivity index (χ0) is 25.8. The molecule has 0 N–H and O–H groups in total. The second-order valence-electron chi connectivity index (χ2n) is 9.93. The molecule has 1 heterocycles. The van der Waals surface area contributed by atoms with Gasteiger partial charge in [-0.2, -0.15) is 0 Å². The fourth-order valence-electron chi connectivity index (χ4n) is 4.88. The van der Waals surface area contributed by atoms with Crippen molar-refractivity contribution in [1.29, 1.82) is 0 Å². The van der Waals surface area contributed by atoms with Gasteiger partial charge in [-0.05, 0) is 58.9 Å². The number of hydrogen-bond acceptors (Lipinski definition) is 2. The lowest BCUT2D eigenvalue weighted by molar-refractivity contribution is 0.872. The highest BCUT2D eigenvalue weighted by Crippen LogP contribution is 2.39. The van der Waals surface area contributed by atoms with E-state index in [1.54, 1.807) is 0 Å². The highest BCUT2D eigenvalue weighted by atomic mass is 31.1. The lowest BCUT2D eigenvalue weighted by Crippen LogP contribution is -2.28. The summed E-state index contributed by atoms with van der Waals surface area (Å²) in [7, 11) is -0.795. The van der Waals surface area contributed by atoms with Crippen molar-refractivity contribution in [2.45, 2.75) is 39.5 Å². The number of fused-ring (bicyclic) bond motifs is 1. The quantitative estimate of drug-likeness (QED) is 0.164. The number of nitrogens with zero attached hydrogens (tertiary/aromatic N) is 2. The van der Waals surface area contributed by atoms with Gasteiger partial charge >= 0.3 is 0 Å². The van der Waals surface area contributed by atoms with Crippen LogP contribution < -0.4 is 15.9 Å². The van der Waals surface area contributed by atoms with Gasteiger partial charge in [-0.15, -0.1) is 0 Å². The Bertz CT molecular complexity index is 1490. The fraction of sp³-hybridized carbons (Fsp3) is 0.176. The summed E-state index contributed by atoms with van der Waals surface area (Å²) in [5.74, 6) is 0.880. The zero-order valence-corrected chi connectivity index (χ0v) is 22.9. The molecule has 4 aromatic carbocycles. The molecule has 37 heavy (non-hydrogen) atoms.